The lowest BCUT2D eigenvalue weighted by molar-refractivity contribution is -0.936. The molecule has 1 saturated heterocycles. The van der Waals surface area contributed by atoms with Gasteiger partial charge in [-0.1, -0.05) is 15.9 Å². The second kappa shape index (κ2) is 7.92. The maximum Gasteiger partial charge on any atom is 0.137 e. The molecule has 118 valence electrons. The summed E-state index contributed by atoms with van der Waals surface area (Å²) in [5, 5.41) is 10.3. The first-order valence-electron chi connectivity index (χ1n) is 7.23. The SMILES string of the molecule is CC[N+]1(C[C@@H](O)COc2ccc(Br)cc2Br)CCOCC1. The van der Waals surface area contributed by atoms with Gasteiger partial charge in [-0.3, -0.25) is 0 Å². The second-order valence-corrected chi connectivity index (χ2v) is 7.21. The third kappa shape index (κ3) is 4.93. The summed E-state index contributed by atoms with van der Waals surface area (Å²) in [7, 11) is 0. The van der Waals surface area contributed by atoms with Gasteiger partial charge in [0, 0.05) is 4.47 Å². The van der Waals surface area contributed by atoms with Crippen LogP contribution < -0.4 is 4.74 Å². The summed E-state index contributed by atoms with van der Waals surface area (Å²) < 4.78 is 13.9. The van der Waals surface area contributed by atoms with Crippen molar-refractivity contribution in [3.63, 3.8) is 0 Å². The number of nitrogens with zero attached hydrogens (tertiary/aromatic N) is 1. The number of rotatable bonds is 6. The highest BCUT2D eigenvalue weighted by atomic mass is 79.9. The number of hydrogen-bond donors (Lipinski definition) is 1. The van der Waals surface area contributed by atoms with Crippen LogP contribution in [-0.2, 0) is 4.74 Å². The van der Waals surface area contributed by atoms with Gasteiger partial charge in [-0.15, -0.1) is 0 Å². The maximum atomic E-state index is 10.3. The van der Waals surface area contributed by atoms with E-state index < -0.39 is 6.10 Å². The quantitative estimate of drug-likeness (QED) is 0.715. The van der Waals surface area contributed by atoms with E-state index in [1.165, 1.54) is 0 Å². The van der Waals surface area contributed by atoms with Gasteiger partial charge in [-0.05, 0) is 41.1 Å². The standard InChI is InChI=1S/C15H22Br2NO3/c1-2-18(5-7-20-8-6-18)10-13(19)11-21-15-4-3-12(16)9-14(15)17/h3-4,9,13,19H,2,5-8,10-11H2,1H3/q+1/t13-/m1/s1. The Bertz CT molecular complexity index is 464. The highest BCUT2D eigenvalue weighted by molar-refractivity contribution is 9.11. The van der Waals surface area contributed by atoms with Gasteiger partial charge in [-0.2, -0.15) is 0 Å². The summed E-state index contributed by atoms with van der Waals surface area (Å²) in [6, 6.07) is 5.75. The van der Waals surface area contributed by atoms with Gasteiger partial charge >= 0.3 is 0 Å². The van der Waals surface area contributed by atoms with Crippen LogP contribution in [-0.4, -0.2) is 61.7 Å². The van der Waals surface area contributed by atoms with E-state index >= 15 is 0 Å². The molecule has 2 rings (SSSR count). The van der Waals surface area contributed by atoms with Crippen molar-refractivity contribution >= 4 is 31.9 Å². The molecule has 0 spiro atoms. The molecule has 6 heteroatoms. The number of ether oxygens (including phenoxy) is 2. The first-order valence-corrected chi connectivity index (χ1v) is 8.82. The van der Waals surface area contributed by atoms with Crippen LogP contribution in [0.3, 0.4) is 0 Å². The zero-order valence-corrected chi connectivity index (χ0v) is 15.4. The van der Waals surface area contributed by atoms with E-state index in [-0.39, 0.29) is 0 Å². The Kier molecular flexibility index (Phi) is 6.50. The first-order chi connectivity index (χ1) is 10.0. The summed E-state index contributed by atoms with van der Waals surface area (Å²) in [4.78, 5) is 0. The largest absolute Gasteiger partial charge is 0.489 e. The molecule has 0 radical (unpaired) electrons. The maximum absolute atomic E-state index is 10.3. The van der Waals surface area contributed by atoms with Crippen molar-refractivity contribution in [2.24, 2.45) is 0 Å². The fourth-order valence-electron chi connectivity index (χ4n) is 2.64. The summed E-state index contributed by atoms with van der Waals surface area (Å²) in [6.07, 6.45) is -0.474. The Labute approximate surface area is 142 Å². The Morgan fingerprint density at radius 2 is 2.05 bits per heavy atom. The Balaban J connectivity index is 1.87. The van der Waals surface area contributed by atoms with E-state index in [1.807, 2.05) is 18.2 Å². The van der Waals surface area contributed by atoms with E-state index in [1.54, 1.807) is 0 Å². The lowest BCUT2D eigenvalue weighted by atomic mass is 10.2. The highest BCUT2D eigenvalue weighted by Crippen LogP contribution is 2.28. The summed E-state index contributed by atoms with van der Waals surface area (Å²) in [5.41, 5.74) is 0. The zero-order chi connectivity index (χ0) is 15.3. The molecule has 0 aromatic heterocycles. The molecule has 1 aliphatic heterocycles. The van der Waals surface area contributed by atoms with Crippen molar-refractivity contribution in [1.82, 2.24) is 0 Å². The molecule has 0 aliphatic carbocycles. The van der Waals surface area contributed by atoms with E-state index in [0.717, 1.165) is 52.0 Å². The average molecular weight is 424 g/mol. The third-order valence-corrected chi connectivity index (χ3v) is 5.13. The number of quaternary nitrogens is 1. The predicted molar refractivity (Wildman–Crippen MR) is 89.6 cm³/mol. The molecule has 1 aromatic carbocycles. The smallest absolute Gasteiger partial charge is 0.137 e. The minimum Gasteiger partial charge on any atom is -0.489 e. The van der Waals surface area contributed by atoms with Crippen molar-refractivity contribution < 1.29 is 19.1 Å². The Hall–Kier alpha value is -0.140. The van der Waals surface area contributed by atoms with E-state index in [4.69, 9.17) is 9.47 Å². The van der Waals surface area contributed by atoms with Crippen LogP contribution in [0.5, 0.6) is 5.75 Å². The van der Waals surface area contributed by atoms with E-state index in [9.17, 15) is 5.11 Å². The lowest BCUT2D eigenvalue weighted by Crippen LogP contribution is -2.58. The molecule has 1 fully saturated rings. The molecule has 1 heterocycles. The third-order valence-electron chi connectivity index (χ3n) is 4.01. The first kappa shape index (κ1) is 17.2. The van der Waals surface area contributed by atoms with Crippen LogP contribution in [0.2, 0.25) is 0 Å². The van der Waals surface area contributed by atoms with Crippen molar-refractivity contribution in [3.05, 3.63) is 27.1 Å². The minimum absolute atomic E-state index is 0.307. The van der Waals surface area contributed by atoms with Gasteiger partial charge in [0.15, 0.2) is 0 Å². The predicted octanol–water partition coefficient (Wildman–Crippen LogP) is 2.82. The van der Waals surface area contributed by atoms with Crippen LogP contribution in [0.25, 0.3) is 0 Å². The Morgan fingerprint density at radius 3 is 2.67 bits per heavy atom. The minimum atomic E-state index is -0.474. The molecule has 1 N–H and O–H groups in total. The number of benzene rings is 1. The second-order valence-electron chi connectivity index (χ2n) is 5.44. The highest BCUT2D eigenvalue weighted by Gasteiger charge is 2.31. The summed E-state index contributed by atoms with van der Waals surface area (Å²) in [6.45, 7) is 7.70. The molecule has 0 unspecified atom stereocenters. The van der Waals surface area contributed by atoms with Crippen LogP contribution in [0.4, 0.5) is 0 Å². The molecular formula is C15H22Br2NO3+. The summed E-state index contributed by atoms with van der Waals surface area (Å²) >= 11 is 6.87. The Morgan fingerprint density at radius 1 is 1.33 bits per heavy atom. The topological polar surface area (TPSA) is 38.7 Å². The molecule has 0 bridgehead atoms. The van der Waals surface area contributed by atoms with Crippen LogP contribution in [0.1, 0.15) is 6.92 Å². The zero-order valence-electron chi connectivity index (χ0n) is 12.2. The lowest BCUT2D eigenvalue weighted by Gasteiger charge is -2.41. The molecule has 0 saturated carbocycles. The van der Waals surface area contributed by atoms with Crippen molar-refractivity contribution in [2.45, 2.75) is 13.0 Å². The molecule has 1 aromatic rings. The monoisotopic (exact) mass is 422 g/mol. The summed E-state index contributed by atoms with van der Waals surface area (Å²) in [5.74, 6) is 0.752. The van der Waals surface area contributed by atoms with Crippen LogP contribution in [0, 0.1) is 0 Å². The molecular weight excluding hydrogens is 402 g/mol. The van der Waals surface area contributed by atoms with Crippen LogP contribution in [0.15, 0.2) is 27.1 Å². The molecule has 1 atom stereocenters. The van der Waals surface area contributed by atoms with Crippen molar-refractivity contribution in [1.29, 1.82) is 0 Å². The number of aliphatic hydroxyl groups is 1. The van der Waals surface area contributed by atoms with Crippen molar-refractivity contribution in [3.8, 4) is 5.75 Å². The molecule has 4 nitrogen and oxygen atoms in total. The van der Waals surface area contributed by atoms with E-state index in [2.05, 4.69) is 38.8 Å². The van der Waals surface area contributed by atoms with Gasteiger partial charge in [0.05, 0.1) is 24.2 Å². The number of aliphatic hydroxyl groups excluding tert-OH is 1. The molecule has 1 aliphatic rings. The van der Waals surface area contributed by atoms with Gasteiger partial charge in [-0.25, -0.2) is 0 Å². The van der Waals surface area contributed by atoms with Gasteiger partial charge in [0.2, 0.25) is 0 Å². The van der Waals surface area contributed by atoms with Gasteiger partial charge in [0.25, 0.3) is 0 Å². The van der Waals surface area contributed by atoms with E-state index in [0.29, 0.717) is 13.2 Å². The fourth-order valence-corrected chi connectivity index (χ4v) is 3.80. The normalized spacial score (nSPS) is 19.2. The average Bonchev–Trinajstić information content (AvgIpc) is 2.47. The fraction of sp³-hybridized carbons (Fsp3) is 0.600. The van der Waals surface area contributed by atoms with Crippen LogP contribution >= 0.6 is 31.9 Å². The number of hydrogen-bond acceptors (Lipinski definition) is 3. The molecule has 21 heavy (non-hydrogen) atoms. The van der Waals surface area contributed by atoms with Gasteiger partial charge < -0.3 is 19.1 Å². The molecule has 0 amide bonds. The van der Waals surface area contributed by atoms with Gasteiger partial charge in [0.1, 0.15) is 38.1 Å². The number of morpholine rings is 1. The number of likely N-dealkylation sites (N-methyl/N-ethyl adjacent to an activating group) is 1. The van der Waals surface area contributed by atoms with Crippen molar-refractivity contribution in [2.75, 3.05) is 46.0 Å². The number of halogens is 2.